The Labute approximate surface area is 161 Å². The minimum atomic E-state index is -0.460. The average Bonchev–Trinajstić information content (AvgIpc) is 2.58. The second-order valence-corrected chi connectivity index (χ2v) is 7.57. The van der Waals surface area contributed by atoms with Crippen LogP contribution in [-0.4, -0.2) is 66.8 Å². The number of rotatable bonds is 7. The lowest BCUT2D eigenvalue weighted by Crippen LogP contribution is -2.63. The number of pyridine rings is 1. The third-order valence-electron chi connectivity index (χ3n) is 3.96. The SMILES string of the molecule is CN=C(NCCCCNc1ccccn1)NC1CN(C(=O)OC(C)(C)C)C1. The highest BCUT2D eigenvalue weighted by Gasteiger charge is 2.34. The van der Waals surface area contributed by atoms with Crippen molar-refractivity contribution < 1.29 is 9.53 Å². The number of aromatic nitrogens is 1. The van der Waals surface area contributed by atoms with Gasteiger partial charge in [0.05, 0.1) is 6.04 Å². The molecule has 1 aromatic heterocycles. The Bertz CT molecular complexity index is 608. The first-order valence-electron chi connectivity index (χ1n) is 9.47. The number of nitrogens with one attached hydrogen (secondary N) is 3. The van der Waals surface area contributed by atoms with Gasteiger partial charge in [0.1, 0.15) is 11.4 Å². The smallest absolute Gasteiger partial charge is 0.410 e. The van der Waals surface area contributed by atoms with E-state index in [0.717, 1.165) is 37.7 Å². The number of hydrogen-bond acceptors (Lipinski definition) is 5. The highest BCUT2D eigenvalue weighted by atomic mass is 16.6. The molecule has 0 radical (unpaired) electrons. The lowest BCUT2D eigenvalue weighted by Gasteiger charge is -2.40. The van der Waals surface area contributed by atoms with E-state index < -0.39 is 5.60 Å². The minimum Gasteiger partial charge on any atom is -0.444 e. The van der Waals surface area contributed by atoms with Crippen LogP contribution in [0.4, 0.5) is 10.6 Å². The molecular formula is C19H32N6O2. The van der Waals surface area contributed by atoms with Gasteiger partial charge >= 0.3 is 6.09 Å². The molecule has 1 aromatic rings. The first-order valence-corrected chi connectivity index (χ1v) is 9.47. The summed E-state index contributed by atoms with van der Waals surface area (Å²) < 4.78 is 5.36. The number of hydrogen-bond donors (Lipinski definition) is 3. The van der Waals surface area contributed by atoms with Crippen LogP contribution >= 0.6 is 0 Å². The highest BCUT2D eigenvalue weighted by molar-refractivity contribution is 5.80. The lowest BCUT2D eigenvalue weighted by molar-refractivity contribution is 0.00701. The van der Waals surface area contributed by atoms with Gasteiger partial charge in [-0.25, -0.2) is 9.78 Å². The monoisotopic (exact) mass is 376 g/mol. The Kier molecular flexibility index (Phi) is 7.69. The summed E-state index contributed by atoms with van der Waals surface area (Å²) in [5, 5.41) is 9.94. The molecule has 27 heavy (non-hydrogen) atoms. The van der Waals surface area contributed by atoms with Crippen LogP contribution in [0.25, 0.3) is 0 Å². The highest BCUT2D eigenvalue weighted by Crippen LogP contribution is 2.15. The predicted molar refractivity (Wildman–Crippen MR) is 108 cm³/mol. The molecule has 1 fully saturated rings. The zero-order chi connectivity index (χ0) is 19.7. The molecule has 0 bridgehead atoms. The molecule has 0 spiro atoms. The summed E-state index contributed by atoms with van der Waals surface area (Å²) in [7, 11) is 1.75. The van der Waals surface area contributed by atoms with Crippen LogP contribution in [0.15, 0.2) is 29.4 Å². The third kappa shape index (κ3) is 7.72. The van der Waals surface area contributed by atoms with Gasteiger partial charge in [0, 0.05) is 39.4 Å². The summed E-state index contributed by atoms with van der Waals surface area (Å²) in [6.45, 7) is 8.60. The molecule has 1 aliphatic heterocycles. The lowest BCUT2D eigenvalue weighted by atomic mass is 10.1. The molecule has 8 heteroatoms. The van der Waals surface area contributed by atoms with Crippen molar-refractivity contribution in [1.82, 2.24) is 20.5 Å². The summed E-state index contributed by atoms with van der Waals surface area (Å²) in [6.07, 6.45) is 3.58. The molecular weight excluding hydrogens is 344 g/mol. The summed E-state index contributed by atoms with van der Waals surface area (Å²) in [5.41, 5.74) is -0.460. The van der Waals surface area contributed by atoms with Crippen LogP contribution in [0, 0.1) is 0 Å². The third-order valence-corrected chi connectivity index (χ3v) is 3.96. The molecule has 1 amide bonds. The van der Waals surface area contributed by atoms with Crippen molar-refractivity contribution in [3.8, 4) is 0 Å². The quantitative estimate of drug-likeness (QED) is 0.383. The molecule has 0 atom stereocenters. The van der Waals surface area contributed by atoms with Crippen molar-refractivity contribution >= 4 is 17.9 Å². The Morgan fingerprint density at radius 1 is 1.30 bits per heavy atom. The van der Waals surface area contributed by atoms with E-state index in [0.29, 0.717) is 13.1 Å². The van der Waals surface area contributed by atoms with Crippen molar-refractivity contribution in [2.45, 2.75) is 45.3 Å². The number of likely N-dealkylation sites (tertiary alicyclic amines) is 1. The molecule has 0 aromatic carbocycles. The maximum absolute atomic E-state index is 11.9. The first kappa shape index (κ1) is 20.8. The van der Waals surface area contributed by atoms with Crippen LogP contribution in [-0.2, 0) is 4.74 Å². The molecule has 0 aliphatic carbocycles. The van der Waals surface area contributed by atoms with Gasteiger partial charge in [-0.1, -0.05) is 6.07 Å². The minimum absolute atomic E-state index is 0.203. The van der Waals surface area contributed by atoms with E-state index in [4.69, 9.17) is 4.74 Å². The van der Waals surface area contributed by atoms with E-state index in [9.17, 15) is 4.79 Å². The van der Waals surface area contributed by atoms with Gasteiger partial charge in [0.2, 0.25) is 0 Å². The van der Waals surface area contributed by atoms with E-state index in [1.807, 2.05) is 39.0 Å². The number of guanidine groups is 1. The van der Waals surface area contributed by atoms with Gasteiger partial charge in [-0.15, -0.1) is 0 Å². The number of nitrogens with zero attached hydrogens (tertiary/aromatic N) is 3. The van der Waals surface area contributed by atoms with Crippen molar-refractivity contribution in [2.24, 2.45) is 4.99 Å². The molecule has 3 N–H and O–H groups in total. The molecule has 150 valence electrons. The fourth-order valence-corrected chi connectivity index (χ4v) is 2.57. The number of unbranched alkanes of at least 4 members (excludes halogenated alkanes) is 1. The van der Waals surface area contributed by atoms with Gasteiger partial charge in [-0.2, -0.15) is 0 Å². The second-order valence-electron chi connectivity index (χ2n) is 7.57. The van der Waals surface area contributed by atoms with Gasteiger partial charge in [-0.05, 0) is 45.7 Å². The van der Waals surface area contributed by atoms with Crippen molar-refractivity contribution in [2.75, 3.05) is 38.5 Å². The van der Waals surface area contributed by atoms with Crippen LogP contribution < -0.4 is 16.0 Å². The maximum Gasteiger partial charge on any atom is 0.410 e. The van der Waals surface area contributed by atoms with E-state index in [1.165, 1.54) is 0 Å². The zero-order valence-corrected chi connectivity index (χ0v) is 16.8. The molecule has 0 unspecified atom stereocenters. The van der Waals surface area contributed by atoms with Crippen LogP contribution in [0.5, 0.6) is 0 Å². The van der Waals surface area contributed by atoms with Crippen molar-refractivity contribution in [1.29, 1.82) is 0 Å². The summed E-state index contributed by atoms with van der Waals surface area (Å²) in [4.78, 5) is 22.1. The van der Waals surface area contributed by atoms with Crippen LogP contribution in [0.3, 0.4) is 0 Å². The number of aliphatic imine (C=N–C) groups is 1. The number of amides is 1. The number of carbonyl (C=O) groups is 1. The first-order chi connectivity index (χ1) is 12.9. The Balaban J connectivity index is 1.54. The van der Waals surface area contributed by atoms with E-state index in [2.05, 4.69) is 25.9 Å². The molecule has 1 aliphatic rings. The van der Waals surface area contributed by atoms with Crippen LogP contribution in [0.1, 0.15) is 33.6 Å². The van der Waals surface area contributed by atoms with Crippen LogP contribution in [0.2, 0.25) is 0 Å². The number of anilines is 1. The molecule has 2 rings (SSSR count). The Hall–Kier alpha value is -2.51. The normalized spacial score (nSPS) is 15.1. The topological polar surface area (TPSA) is 90.9 Å². The Morgan fingerprint density at radius 3 is 2.67 bits per heavy atom. The fraction of sp³-hybridized carbons (Fsp3) is 0.632. The van der Waals surface area contributed by atoms with Gasteiger partial charge in [0.25, 0.3) is 0 Å². The maximum atomic E-state index is 11.9. The van der Waals surface area contributed by atoms with E-state index >= 15 is 0 Å². The summed E-state index contributed by atoms with van der Waals surface area (Å²) >= 11 is 0. The van der Waals surface area contributed by atoms with Crippen molar-refractivity contribution in [3.05, 3.63) is 24.4 Å². The molecule has 0 saturated carbocycles. The van der Waals surface area contributed by atoms with Gasteiger partial charge in [0.15, 0.2) is 5.96 Å². The van der Waals surface area contributed by atoms with E-state index in [1.54, 1.807) is 18.1 Å². The van der Waals surface area contributed by atoms with Gasteiger partial charge < -0.3 is 25.6 Å². The molecule has 8 nitrogen and oxygen atoms in total. The van der Waals surface area contributed by atoms with E-state index in [-0.39, 0.29) is 12.1 Å². The molecule has 1 saturated heterocycles. The summed E-state index contributed by atoms with van der Waals surface area (Å²) in [6, 6.07) is 6.04. The summed E-state index contributed by atoms with van der Waals surface area (Å²) in [5.74, 6) is 1.67. The Morgan fingerprint density at radius 2 is 2.04 bits per heavy atom. The number of carbonyl (C=O) groups excluding carboxylic acids is 1. The standard InChI is InChI=1S/C19H32N6O2/c1-19(2,3)27-18(26)25-13-15(14-25)24-17(20-4)23-12-8-7-11-22-16-9-5-6-10-21-16/h5-6,9-10,15H,7-8,11-14H2,1-4H3,(H,21,22)(H2,20,23,24). The average molecular weight is 377 g/mol. The van der Waals surface area contributed by atoms with Gasteiger partial charge in [-0.3, -0.25) is 4.99 Å². The second kappa shape index (κ2) is 9.99. The fourth-order valence-electron chi connectivity index (χ4n) is 2.57. The number of ether oxygens (including phenoxy) is 1. The van der Waals surface area contributed by atoms with Crippen molar-refractivity contribution in [3.63, 3.8) is 0 Å². The molecule has 2 heterocycles. The predicted octanol–water partition coefficient (Wildman–Crippen LogP) is 2.06. The zero-order valence-electron chi connectivity index (χ0n) is 16.8. The largest absolute Gasteiger partial charge is 0.444 e.